The zero-order valence-corrected chi connectivity index (χ0v) is 14.3. The number of rotatable bonds is 8. The molecule has 2 N–H and O–H groups in total. The van der Waals surface area contributed by atoms with E-state index < -0.39 is 0 Å². The third kappa shape index (κ3) is 4.80. The molecule has 0 bridgehead atoms. The average molecular weight is 339 g/mol. The number of H-pyrrole nitrogens is 1. The van der Waals surface area contributed by atoms with Gasteiger partial charge in [0, 0.05) is 30.1 Å². The molecular formula is C19H21N3OS. The molecule has 24 heavy (non-hydrogen) atoms. The number of aryl methyl sites for hydroxylation is 1. The predicted molar refractivity (Wildman–Crippen MR) is 96.9 cm³/mol. The summed E-state index contributed by atoms with van der Waals surface area (Å²) in [5.74, 6) is 0.967. The van der Waals surface area contributed by atoms with Crippen LogP contribution >= 0.6 is 11.3 Å². The molecule has 0 aliphatic rings. The van der Waals surface area contributed by atoms with Crippen LogP contribution < -0.4 is 5.32 Å². The van der Waals surface area contributed by atoms with Crippen molar-refractivity contribution in [1.82, 2.24) is 15.3 Å². The Morgan fingerprint density at radius 3 is 2.79 bits per heavy atom. The van der Waals surface area contributed by atoms with Crippen molar-refractivity contribution < 1.29 is 4.79 Å². The van der Waals surface area contributed by atoms with Gasteiger partial charge in [0.15, 0.2) is 0 Å². The third-order valence-corrected chi connectivity index (χ3v) is 4.83. The number of benzene rings is 1. The number of aromatic amines is 1. The van der Waals surface area contributed by atoms with Gasteiger partial charge in [-0.3, -0.25) is 4.79 Å². The van der Waals surface area contributed by atoms with E-state index in [1.165, 1.54) is 4.88 Å². The second-order valence-corrected chi connectivity index (χ2v) is 6.74. The van der Waals surface area contributed by atoms with Gasteiger partial charge in [-0.25, -0.2) is 4.98 Å². The SMILES string of the molecule is O=C(CCCc1cccs1)N[C@@H](Cc1ncc[nH]1)c1ccccc1. The summed E-state index contributed by atoms with van der Waals surface area (Å²) in [5, 5.41) is 5.23. The first-order valence-corrected chi connectivity index (χ1v) is 9.04. The molecule has 124 valence electrons. The number of hydrogen-bond donors (Lipinski definition) is 2. The van der Waals surface area contributed by atoms with Crippen LogP contribution in [0.5, 0.6) is 0 Å². The topological polar surface area (TPSA) is 57.8 Å². The molecule has 3 rings (SSSR count). The van der Waals surface area contributed by atoms with Crippen LogP contribution in [0, 0.1) is 0 Å². The van der Waals surface area contributed by atoms with Crippen LogP contribution in [-0.4, -0.2) is 15.9 Å². The van der Waals surface area contributed by atoms with Crippen LogP contribution in [0.15, 0.2) is 60.2 Å². The van der Waals surface area contributed by atoms with E-state index in [-0.39, 0.29) is 11.9 Å². The van der Waals surface area contributed by atoms with Crippen molar-refractivity contribution in [2.75, 3.05) is 0 Å². The molecule has 0 saturated carbocycles. The minimum atomic E-state index is -0.0633. The van der Waals surface area contributed by atoms with Gasteiger partial charge in [0.05, 0.1) is 6.04 Å². The number of imidazole rings is 1. The fraction of sp³-hybridized carbons (Fsp3) is 0.263. The smallest absolute Gasteiger partial charge is 0.220 e. The van der Waals surface area contributed by atoms with Gasteiger partial charge in [0.2, 0.25) is 5.91 Å². The highest BCUT2D eigenvalue weighted by Crippen LogP contribution is 2.17. The molecule has 0 radical (unpaired) electrons. The molecule has 3 aromatic rings. The van der Waals surface area contributed by atoms with E-state index in [2.05, 4.69) is 32.8 Å². The molecule has 4 nitrogen and oxygen atoms in total. The minimum Gasteiger partial charge on any atom is -0.349 e. The number of carbonyl (C=O) groups is 1. The lowest BCUT2D eigenvalue weighted by Crippen LogP contribution is -2.30. The second-order valence-electron chi connectivity index (χ2n) is 5.70. The van der Waals surface area contributed by atoms with Crippen molar-refractivity contribution in [2.24, 2.45) is 0 Å². The zero-order valence-electron chi connectivity index (χ0n) is 13.4. The van der Waals surface area contributed by atoms with E-state index >= 15 is 0 Å². The van der Waals surface area contributed by atoms with E-state index in [1.54, 1.807) is 23.7 Å². The van der Waals surface area contributed by atoms with E-state index in [4.69, 9.17) is 0 Å². The molecule has 2 heterocycles. The third-order valence-electron chi connectivity index (χ3n) is 3.90. The summed E-state index contributed by atoms with van der Waals surface area (Å²) in [4.78, 5) is 21.1. The lowest BCUT2D eigenvalue weighted by Gasteiger charge is -2.18. The van der Waals surface area contributed by atoms with Gasteiger partial charge in [-0.2, -0.15) is 0 Å². The zero-order chi connectivity index (χ0) is 16.6. The quantitative estimate of drug-likeness (QED) is 0.654. The first-order chi connectivity index (χ1) is 11.8. The Hall–Kier alpha value is -2.40. The lowest BCUT2D eigenvalue weighted by molar-refractivity contribution is -0.121. The summed E-state index contributed by atoms with van der Waals surface area (Å²) >= 11 is 1.74. The van der Waals surface area contributed by atoms with Crippen LogP contribution in [0.2, 0.25) is 0 Å². The van der Waals surface area contributed by atoms with Crippen molar-refractivity contribution >= 4 is 17.2 Å². The summed E-state index contributed by atoms with van der Waals surface area (Å²) in [6.07, 6.45) is 6.57. The number of carbonyl (C=O) groups excluding carboxylic acids is 1. The number of nitrogens with zero attached hydrogens (tertiary/aromatic N) is 1. The van der Waals surface area contributed by atoms with Crippen molar-refractivity contribution in [3.05, 3.63) is 76.5 Å². The van der Waals surface area contributed by atoms with Crippen LogP contribution in [-0.2, 0) is 17.6 Å². The second kappa shape index (κ2) is 8.45. The van der Waals surface area contributed by atoms with Crippen molar-refractivity contribution in [2.45, 2.75) is 31.7 Å². The summed E-state index contributed by atoms with van der Waals surface area (Å²) in [5.41, 5.74) is 1.10. The highest BCUT2D eigenvalue weighted by atomic mass is 32.1. The van der Waals surface area contributed by atoms with Gasteiger partial charge in [0.25, 0.3) is 0 Å². The number of aromatic nitrogens is 2. The maximum absolute atomic E-state index is 12.3. The van der Waals surface area contributed by atoms with Crippen LogP contribution in [0.3, 0.4) is 0 Å². The average Bonchev–Trinajstić information content (AvgIpc) is 3.29. The van der Waals surface area contributed by atoms with Crippen molar-refractivity contribution in [3.8, 4) is 0 Å². The molecule has 5 heteroatoms. The molecule has 1 aromatic carbocycles. The van der Waals surface area contributed by atoms with Gasteiger partial charge in [-0.05, 0) is 29.9 Å². The van der Waals surface area contributed by atoms with Crippen molar-refractivity contribution in [1.29, 1.82) is 0 Å². The molecule has 2 aromatic heterocycles. The van der Waals surface area contributed by atoms with Gasteiger partial charge < -0.3 is 10.3 Å². The summed E-state index contributed by atoms with van der Waals surface area (Å²) < 4.78 is 0. The van der Waals surface area contributed by atoms with E-state index in [1.807, 2.05) is 30.3 Å². The summed E-state index contributed by atoms with van der Waals surface area (Å²) in [6.45, 7) is 0. The molecule has 1 amide bonds. The monoisotopic (exact) mass is 339 g/mol. The first-order valence-electron chi connectivity index (χ1n) is 8.16. The van der Waals surface area contributed by atoms with Crippen molar-refractivity contribution in [3.63, 3.8) is 0 Å². The molecule has 0 aliphatic carbocycles. The lowest BCUT2D eigenvalue weighted by atomic mass is 10.0. The Morgan fingerprint density at radius 1 is 1.21 bits per heavy atom. The highest BCUT2D eigenvalue weighted by Gasteiger charge is 2.16. The maximum Gasteiger partial charge on any atom is 0.220 e. The largest absolute Gasteiger partial charge is 0.349 e. The minimum absolute atomic E-state index is 0.0633. The Balaban J connectivity index is 1.57. The number of amides is 1. The number of nitrogens with one attached hydrogen (secondary N) is 2. The molecular weight excluding hydrogens is 318 g/mol. The number of thiophene rings is 1. The fourth-order valence-corrected chi connectivity index (χ4v) is 3.44. The summed E-state index contributed by atoms with van der Waals surface area (Å²) in [6, 6.07) is 14.2. The van der Waals surface area contributed by atoms with Crippen LogP contribution in [0.4, 0.5) is 0 Å². The predicted octanol–water partition coefficient (Wildman–Crippen LogP) is 3.89. The van der Waals surface area contributed by atoms with Crippen LogP contribution in [0.25, 0.3) is 0 Å². The fourth-order valence-electron chi connectivity index (χ4n) is 2.69. The highest BCUT2D eigenvalue weighted by molar-refractivity contribution is 7.09. The van der Waals surface area contributed by atoms with Gasteiger partial charge in [-0.1, -0.05) is 36.4 Å². The molecule has 0 fully saturated rings. The molecule has 0 spiro atoms. The normalized spacial score (nSPS) is 12.0. The molecule has 0 unspecified atom stereocenters. The van der Waals surface area contributed by atoms with Gasteiger partial charge >= 0.3 is 0 Å². The molecule has 0 saturated heterocycles. The van der Waals surface area contributed by atoms with E-state index in [0.717, 1.165) is 24.2 Å². The standard InChI is InChI=1S/C19H21N3OS/c23-19(10-4-8-16-9-5-13-24-16)22-17(14-18-20-11-12-21-18)15-6-2-1-3-7-15/h1-3,5-7,9,11-13,17H,4,8,10,14H2,(H,20,21)(H,22,23)/t17-/m0/s1. The van der Waals surface area contributed by atoms with Gasteiger partial charge in [-0.15, -0.1) is 11.3 Å². The molecule has 1 atom stereocenters. The van der Waals surface area contributed by atoms with Crippen LogP contribution in [0.1, 0.15) is 35.1 Å². The molecule has 0 aliphatic heterocycles. The summed E-state index contributed by atoms with van der Waals surface area (Å²) in [7, 11) is 0. The Morgan fingerprint density at radius 2 is 2.08 bits per heavy atom. The Kier molecular flexibility index (Phi) is 5.80. The van der Waals surface area contributed by atoms with E-state index in [9.17, 15) is 4.79 Å². The Bertz CT molecular complexity index is 723. The first kappa shape index (κ1) is 16.5. The maximum atomic E-state index is 12.3. The van der Waals surface area contributed by atoms with Gasteiger partial charge in [0.1, 0.15) is 5.82 Å². The number of hydrogen-bond acceptors (Lipinski definition) is 3. The Labute approximate surface area is 146 Å². The van der Waals surface area contributed by atoms with E-state index in [0.29, 0.717) is 12.8 Å².